The van der Waals surface area contributed by atoms with E-state index in [0.717, 1.165) is 19.3 Å². The Hall–Kier alpha value is -0.570. The molecule has 70 valence electrons. The molecule has 0 amide bonds. The molecule has 0 saturated carbocycles. The Morgan fingerprint density at radius 1 is 1.75 bits per heavy atom. The SMILES string of the molecule is CCC(C)OC(=O)C1CCCO1. The van der Waals surface area contributed by atoms with Crippen LogP contribution in [0.3, 0.4) is 0 Å². The predicted octanol–water partition coefficient (Wildman–Crippen LogP) is 1.51. The Balaban J connectivity index is 2.27. The number of hydrogen-bond acceptors (Lipinski definition) is 3. The van der Waals surface area contributed by atoms with Crippen molar-refractivity contribution in [1.29, 1.82) is 0 Å². The minimum atomic E-state index is -0.293. The van der Waals surface area contributed by atoms with E-state index in [-0.39, 0.29) is 18.2 Å². The summed E-state index contributed by atoms with van der Waals surface area (Å²) in [6.07, 6.45) is 2.37. The van der Waals surface area contributed by atoms with Crippen molar-refractivity contribution in [3.05, 3.63) is 0 Å². The number of hydrogen-bond donors (Lipinski definition) is 0. The molecule has 1 rings (SSSR count). The van der Waals surface area contributed by atoms with E-state index in [1.807, 2.05) is 13.8 Å². The highest BCUT2D eigenvalue weighted by atomic mass is 16.6. The van der Waals surface area contributed by atoms with Crippen LogP contribution in [0, 0.1) is 0 Å². The zero-order chi connectivity index (χ0) is 8.97. The van der Waals surface area contributed by atoms with Gasteiger partial charge in [0.1, 0.15) is 0 Å². The van der Waals surface area contributed by atoms with Crippen molar-refractivity contribution in [3.63, 3.8) is 0 Å². The molecule has 0 aromatic carbocycles. The molecule has 1 fully saturated rings. The summed E-state index contributed by atoms with van der Waals surface area (Å²) in [5, 5.41) is 0. The standard InChI is InChI=1S/C9H16O3/c1-3-7(2)12-9(10)8-5-4-6-11-8/h7-8H,3-6H2,1-2H3. The van der Waals surface area contributed by atoms with Gasteiger partial charge in [0.2, 0.25) is 0 Å². The first-order valence-electron chi connectivity index (χ1n) is 4.56. The molecule has 0 bridgehead atoms. The lowest BCUT2D eigenvalue weighted by Crippen LogP contribution is -2.25. The van der Waals surface area contributed by atoms with E-state index in [9.17, 15) is 4.79 Å². The van der Waals surface area contributed by atoms with E-state index in [1.165, 1.54) is 0 Å². The van der Waals surface area contributed by atoms with E-state index in [2.05, 4.69) is 0 Å². The van der Waals surface area contributed by atoms with Crippen molar-refractivity contribution in [3.8, 4) is 0 Å². The van der Waals surface area contributed by atoms with Gasteiger partial charge >= 0.3 is 5.97 Å². The van der Waals surface area contributed by atoms with Gasteiger partial charge in [-0.25, -0.2) is 4.79 Å². The third-order valence-corrected chi connectivity index (χ3v) is 2.08. The van der Waals surface area contributed by atoms with Crippen LogP contribution in [0.1, 0.15) is 33.1 Å². The first-order chi connectivity index (χ1) is 5.74. The second kappa shape index (κ2) is 4.45. The van der Waals surface area contributed by atoms with Crippen molar-refractivity contribution < 1.29 is 14.3 Å². The molecule has 3 nitrogen and oxygen atoms in total. The van der Waals surface area contributed by atoms with Crippen molar-refractivity contribution in [2.24, 2.45) is 0 Å². The Kier molecular flexibility index (Phi) is 3.53. The highest BCUT2D eigenvalue weighted by molar-refractivity contribution is 5.75. The molecule has 0 aliphatic carbocycles. The van der Waals surface area contributed by atoms with Crippen LogP contribution >= 0.6 is 0 Å². The summed E-state index contributed by atoms with van der Waals surface area (Å²) >= 11 is 0. The Labute approximate surface area is 73.0 Å². The zero-order valence-corrected chi connectivity index (χ0v) is 7.71. The summed E-state index contributed by atoms with van der Waals surface area (Å²) in [7, 11) is 0. The monoisotopic (exact) mass is 172 g/mol. The maximum absolute atomic E-state index is 11.3. The zero-order valence-electron chi connectivity index (χ0n) is 7.71. The van der Waals surface area contributed by atoms with Gasteiger partial charge in [-0.1, -0.05) is 6.92 Å². The van der Waals surface area contributed by atoms with Crippen LogP contribution in [0.4, 0.5) is 0 Å². The second-order valence-corrected chi connectivity index (χ2v) is 3.16. The maximum Gasteiger partial charge on any atom is 0.335 e. The fourth-order valence-corrected chi connectivity index (χ4v) is 1.12. The first kappa shape index (κ1) is 9.52. The molecule has 2 atom stereocenters. The van der Waals surface area contributed by atoms with Crippen LogP contribution < -0.4 is 0 Å². The Morgan fingerprint density at radius 3 is 3.00 bits per heavy atom. The van der Waals surface area contributed by atoms with Gasteiger partial charge in [-0.15, -0.1) is 0 Å². The van der Waals surface area contributed by atoms with Gasteiger partial charge in [-0.3, -0.25) is 0 Å². The molecule has 1 aliphatic rings. The average molecular weight is 172 g/mol. The van der Waals surface area contributed by atoms with Crippen molar-refractivity contribution in [1.82, 2.24) is 0 Å². The molecule has 3 heteroatoms. The molecule has 1 aliphatic heterocycles. The molecule has 0 aromatic rings. The number of carbonyl (C=O) groups excluding carboxylic acids is 1. The van der Waals surface area contributed by atoms with Gasteiger partial charge < -0.3 is 9.47 Å². The number of rotatable bonds is 3. The van der Waals surface area contributed by atoms with E-state index in [1.54, 1.807) is 0 Å². The fourth-order valence-electron chi connectivity index (χ4n) is 1.12. The lowest BCUT2D eigenvalue weighted by Gasteiger charge is -2.13. The Morgan fingerprint density at radius 2 is 2.50 bits per heavy atom. The molecule has 2 unspecified atom stereocenters. The summed E-state index contributed by atoms with van der Waals surface area (Å²) in [5.41, 5.74) is 0. The van der Waals surface area contributed by atoms with Gasteiger partial charge in [-0.2, -0.15) is 0 Å². The smallest absolute Gasteiger partial charge is 0.335 e. The van der Waals surface area contributed by atoms with E-state index in [0.29, 0.717) is 6.61 Å². The normalized spacial score (nSPS) is 25.3. The quantitative estimate of drug-likeness (QED) is 0.605. The molecular formula is C9H16O3. The summed E-state index contributed by atoms with van der Waals surface area (Å²) in [5.74, 6) is -0.193. The third kappa shape index (κ3) is 2.48. The molecule has 0 aromatic heterocycles. The van der Waals surface area contributed by atoms with Crippen molar-refractivity contribution in [2.75, 3.05) is 6.61 Å². The fraction of sp³-hybridized carbons (Fsp3) is 0.889. The minimum absolute atomic E-state index is 0.0155. The molecule has 0 radical (unpaired) electrons. The number of ether oxygens (including phenoxy) is 2. The van der Waals surface area contributed by atoms with Crippen molar-refractivity contribution >= 4 is 5.97 Å². The van der Waals surface area contributed by atoms with Gasteiger partial charge in [0.15, 0.2) is 6.10 Å². The van der Waals surface area contributed by atoms with E-state index < -0.39 is 0 Å². The average Bonchev–Trinajstić information content (AvgIpc) is 2.56. The Bertz CT molecular complexity index is 150. The molecule has 1 saturated heterocycles. The van der Waals surface area contributed by atoms with Crippen LogP contribution in [0.25, 0.3) is 0 Å². The lowest BCUT2D eigenvalue weighted by molar-refractivity contribution is -0.159. The third-order valence-electron chi connectivity index (χ3n) is 2.08. The summed E-state index contributed by atoms with van der Waals surface area (Å²) in [6.45, 7) is 4.58. The van der Waals surface area contributed by atoms with Crippen LogP contribution in [0.2, 0.25) is 0 Å². The van der Waals surface area contributed by atoms with Crippen molar-refractivity contribution in [2.45, 2.75) is 45.3 Å². The summed E-state index contributed by atoms with van der Waals surface area (Å²) in [6, 6.07) is 0. The predicted molar refractivity (Wildman–Crippen MR) is 44.8 cm³/mol. The highest BCUT2D eigenvalue weighted by Gasteiger charge is 2.25. The van der Waals surface area contributed by atoms with Crippen LogP contribution in [0.5, 0.6) is 0 Å². The summed E-state index contributed by atoms with van der Waals surface area (Å²) < 4.78 is 10.3. The van der Waals surface area contributed by atoms with Gasteiger partial charge in [-0.05, 0) is 26.2 Å². The van der Waals surface area contributed by atoms with Gasteiger partial charge in [0.25, 0.3) is 0 Å². The van der Waals surface area contributed by atoms with E-state index >= 15 is 0 Å². The minimum Gasteiger partial charge on any atom is -0.461 e. The molecule has 1 heterocycles. The molecule has 0 spiro atoms. The van der Waals surface area contributed by atoms with E-state index in [4.69, 9.17) is 9.47 Å². The maximum atomic E-state index is 11.3. The largest absolute Gasteiger partial charge is 0.461 e. The molecule has 0 N–H and O–H groups in total. The van der Waals surface area contributed by atoms with Gasteiger partial charge in [0, 0.05) is 6.61 Å². The molecular weight excluding hydrogens is 156 g/mol. The lowest BCUT2D eigenvalue weighted by atomic mass is 10.2. The topological polar surface area (TPSA) is 35.5 Å². The summed E-state index contributed by atoms with van der Waals surface area (Å²) in [4.78, 5) is 11.3. The van der Waals surface area contributed by atoms with Gasteiger partial charge in [0.05, 0.1) is 6.10 Å². The van der Waals surface area contributed by atoms with Crippen LogP contribution in [-0.2, 0) is 14.3 Å². The molecule has 12 heavy (non-hydrogen) atoms. The highest BCUT2D eigenvalue weighted by Crippen LogP contribution is 2.14. The number of carbonyl (C=O) groups is 1. The van der Waals surface area contributed by atoms with Crippen LogP contribution in [0.15, 0.2) is 0 Å². The van der Waals surface area contributed by atoms with Crippen LogP contribution in [-0.4, -0.2) is 24.8 Å². The first-order valence-corrected chi connectivity index (χ1v) is 4.56. The second-order valence-electron chi connectivity index (χ2n) is 3.16. The number of esters is 1.